The van der Waals surface area contributed by atoms with Crippen molar-refractivity contribution in [1.29, 1.82) is 0 Å². The van der Waals surface area contributed by atoms with Gasteiger partial charge in [-0.15, -0.1) is 6.58 Å². The number of allylic oxidation sites excluding steroid dienone is 1. The maximum Gasteiger partial charge on any atom is -0.0122 e. The van der Waals surface area contributed by atoms with Gasteiger partial charge in [0.25, 0.3) is 0 Å². The minimum absolute atomic E-state index is 0.697. The minimum Gasteiger partial charge on any atom is -0.103 e. The lowest BCUT2D eigenvalue weighted by atomic mass is 9.38. The Hall–Kier alpha value is -0.260. The lowest BCUT2D eigenvalue weighted by Gasteiger charge is -2.67. The molecule has 0 aromatic carbocycles. The van der Waals surface area contributed by atoms with Crippen LogP contribution in [0.2, 0.25) is 0 Å². The molecule has 8 bridgehead atoms. The zero-order valence-corrected chi connectivity index (χ0v) is 14.8. The Bertz CT molecular complexity index is 412. The summed E-state index contributed by atoms with van der Waals surface area (Å²) < 4.78 is 0. The average Bonchev–Trinajstić information content (AvgIpc) is 2.43. The maximum absolute atomic E-state index is 4.48. The molecular formula is C23H34. The lowest BCUT2D eigenvalue weighted by molar-refractivity contribution is -0.156. The molecule has 0 nitrogen and oxygen atoms in total. The van der Waals surface area contributed by atoms with Gasteiger partial charge in [-0.2, -0.15) is 0 Å². The van der Waals surface area contributed by atoms with Crippen LogP contribution in [-0.4, -0.2) is 0 Å². The van der Waals surface area contributed by atoms with E-state index in [9.17, 15) is 0 Å². The van der Waals surface area contributed by atoms with Gasteiger partial charge in [0.05, 0.1) is 0 Å². The Labute approximate surface area is 142 Å². The van der Waals surface area contributed by atoms with Crippen LogP contribution in [0, 0.1) is 52.3 Å². The van der Waals surface area contributed by atoms with Crippen molar-refractivity contribution in [3.63, 3.8) is 0 Å². The molecule has 0 spiro atoms. The van der Waals surface area contributed by atoms with E-state index in [2.05, 4.69) is 12.7 Å². The molecule has 0 aromatic heterocycles. The second kappa shape index (κ2) is 4.47. The fourth-order valence-corrected chi connectivity index (χ4v) is 10.3. The SMILES string of the molecule is C=CC(C12CC3CC(CC(C3)C1)C2)C12CC3CC(CC(C3)C1)C2. The molecule has 0 aromatic rings. The van der Waals surface area contributed by atoms with Gasteiger partial charge in [-0.3, -0.25) is 0 Å². The van der Waals surface area contributed by atoms with E-state index in [0.29, 0.717) is 10.8 Å². The summed E-state index contributed by atoms with van der Waals surface area (Å²) in [5.74, 6) is 7.44. The molecule has 0 heterocycles. The van der Waals surface area contributed by atoms with Gasteiger partial charge in [-0.1, -0.05) is 6.08 Å². The molecule has 8 fully saturated rings. The Morgan fingerprint density at radius 2 is 0.826 bits per heavy atom. The van der Waals surface area contributed by atoms with Gasteiger partial charge in [0.15, 0.2) is 0 Å². The third kappa shape index (κ3) is 1.85. The van der Waals surface area contributed by atoms with Crippen LogP contribution in [0.3, 0.4) is 0 Å². The van der Waals surface area contributed by atoms with Gasteiger partial charge in [0.1, 0.15) is 0 Å². The van der Waals surface area contributed by atoms with Gasteiger partial charge >= 0.3 is 0 Å². The smallest absolute Gasteiger partial charge is 0.0122 e. The molecule has 0 radical (unpaired) electrons. The van der Waals surface area contributed by atoms with Crippen molar-refractivity contribution in [2.45, 2.75) is 77.0 Å². The van der Waals surface area contributed by atoms with Crippen molar-refractivity contribution in [2.75, 3.05) is 0 Å². The van der Waals surface area contributed by atoms with Crippen molar-refractivity contribution < 1.29 is 0 Å². The second-order valence-electron chi connectivity index (χ2n) is 11.3. The van der Waals surface area contributed by atoms with Crippen molar-refractivity contribution >= 4 is 0 Å². The predicted molar refractivity (Wildman–Crippen MR) is 94.9 cm³/mol. The molecule has 0 heteroatoms. The highest BCUT2D eigenvalue weighted by molar-refractivity contribution is 5.15. The molecule has 0 N–H and O–H groups in total. The fourth-order valence-electron chi connectivity index (χ4n) is 10.3. The summed E-state index contributed by atoms with van der Waals surface area (Å²) in [5.41, 5.74) is 1.39. The minimum atomic E-state index is 0.697. The maximum atomic E-state index is 4.48. The van der Waals surface area contributed by atoms with E-state index in [4.69, 9.17) is 0 Å². The third-order valence-electron chi connectivity index (χ3n) is 9.73. The normalized spacial score (nSPS) is 60.2. The molecule has 8 aliphatic carbocycles. The van der Waals surface area contributed by atoms with Crippen LogP contribution in [-0.2, 0) is 0 Å². The number of hydrogen-bond acceptors (Lipinski definition) is 0. The largest absolute Gasteiger partial charge is 0.103 e. The summed E-state index contributed by atoms with van der Waals surface area (Å²) in [6, 6.07) is 0. The quantitative estimate of drug-likeness (QED) is 0.543. The van der Waals surface area contributed by atoms with E-state index in [-0.39, 0.29) is 0 Å². The summed E-state index contributed by atoms with van der Waals surface area (Å²) in [6.07, 6.45) is 21.5. The molecule has 8 aliphatic rings. The van der Waals surface area contributed by atoms with Crippen molar-refractivity contribution in [1.82, 2.24) is 0 Å². The number of hydrogen-bond donors (Lipinski definition) is 0. The summed E-state index contributed by atoms with van der Waals surface area (Å²) in [7, 11) is 0. The van der Waals surface area contributed by atoms with Crippen molar-refractivity contribution in [2.24, 2.45) is 52.3 Å². The predicted octanol–water partition coefficient (Wildman–Crippen LogP) is 6.22. The van der Waals surface area contributed by atoms with Crippen LogP contribution in [0.1, 0.15) is 77.0 Å². The Balaban J connectivity index is 1.39. The van der Waals surface area contributed by atoms with Crippen molar-refractivity contribution in [3.8, 4) is 0 Å². The van der Waals surface area contributed by atoms with Crippen LogP contribution >= 0.6 is 0 Å². The lowest BCUT2D eigenvalue weighted by Crippen LogP contribution is -2.57. The monoisotopic (exact) mass is 310 g/mol. The van der Waals surface area contributed by atoms with E-state index in [0.717, 1.165) is 41.4 Å². The van der Waals surface area contributed by atoms with E-state index in [1.165, 1.54) is 0 Å². The molecule has 0 unspecified atom stereocenters. The Kier molecular flexibility index (Phi) is 2.71. The topological polar surface area (TPSA) is 0 Å². The van der Waals surface area contributed by atoms with Gasteiger partial charge in [0, 0.05) is 0 Å². The first-order valence-corrected chi connectivity index (χ1v) is 10.8. The van der Waals surface area contributed by atoms with E-state index < -0.39 is 0 Å². The van der Waals surface area contributed by atoms with Crippen LogP contribution in [0.25, 0.3) is 0 Å². The van der Waals surface area contributed by atoms with Crippen LogP contribution in [0.4, 0.5) is 0 Å². The first kappa shape index (κ1) is 14.0. The van der Waals surface area contributed by atoms with Crippen LogP contribution in [0.15, 0.2) is 12.7 Å². The zero-order chi connectivity index (χ0) is 15.2. The number of rotatable bonds is 3. The molecular weight excluding hydrogens is 276 g/mol. The average molecular weight is 311 g/mol. The zero-order valence-electron chi connectivity index (χ0n) is 14.8. The second-order valence-corrected chi connectivity index (χ2v) is 11.3. The van der Waals surface area contributed by atoms with Gasteiger partial charge < -0.3 is 0 Å². The highest BCUT2D eigenvalue weighted by Gasteiger charge is 2.61. The molecule has 126 valence electrons. The fraction of sp³-hybridized carbons (Fsp3) is 0.913. The van der Waals surface area contributed by atoms with Crippen LogP contribution in [0.5, 0.6) is 0 Å². The van der Waals surface area contributed by atoms with E-state index in [1.807, 2.05) is 0 Å². The summed E-state index contributed by atoms with van der Waals surface area (Å²) in [5, 5.41) is 0. The summed E-state index contributed by atoms with van der Waals surface area (Å²) >= 11 is 0. The van der Waals surface area contributed by atoms with Gasteiger partial charge in [-0.05, 0) is 129 Å². The van der Waals surface area contributed by atoms with E-state index in [1.54, 1.807) is 77.0 Å². The summed E-state index contributed by atoms with van der Waals surface area (Å²) in [4.78, 5) is 0. The molecule has 0 aliphatic heterocycles. The highest BCUT2D eigenvalue weighted by atomic mass is 14.7. The first-order valence-electron chi connectivity index (χ1n) is 10.8. The van der Waals surface area contributed by atoms with Crippen molar-refractivity contribution in [3.05, 3.63) is 12.7 Å². The standard InChI is InChI=1S/C23H34/c1-2-21(22-9-15-3-16(10-22)5-17(4-15)11-22)23-12-18-6-19(13-23)8-20(7-18)14-23/h2,15-21H,1,3-14H2. The molecule has 8 rings (SSSR count). The third-order valence-corrected chi connectivity index (χ3v) is 9.73. The molecule has 23 heavy (non-hydrogen) atoms. The van der Waals surface area contributed by atoms with Crippen LogP contribution < -0.4 is 0 Å². The molecule has 0 saturated heterocycles. The molecule has 8 saturated carbocycles. The van der Waals surface area contributed by atoms with Gasteiger partial charge in [-0.25, -0.2) is 0 Å². The van der Waals surface area contributed by atoms with Gasteiger partial charge in [0.2, 0.25) is 0 Å². The summed E-state index contributed by atoms with van der Waals surface area (Å²) in [6.45, 7) is 4.48. The Morgan fingerprint density at radius 3 is 1.04 bits per heavy atom. The Morgan fingerprint density at radius 1 is 0.565 bits per heavy atom. The first-order chi connectivity index (χ1) is 11.2. The highest BCUT2D eigenvalue weighted by Crippen LogP contribution is 2.71. The van der Waals surface area contributed by atoms with E-state index >= 15 is 0 Å². The molecule has 0 atom stereocenters. The molecule has 0 amide bonds.